The van der Waals surface area contributed by atoms with Crippen LogP contribution in [0.4, 0.5) is 5.69 Å². The number of anilines is 1. The maximum atomic E-state index is 9.90. The quantitative estimate of drug-likeness (QED) is 0.753. The van der Waals surface area contributed by atoms with E-state index < -0.39 is 0 Å². The number of fused-ring (bicyclic) bond motifs is 1. The van der Waals surface area contributed by atoms with E-state index in [4.69, 9.17) is 4.74 Å². The second-order valence-corrected chi connectivity index (χ2v) is 4.88. The molecule has 0 amide bonds. The molecule has 0 aliphatic rings. The first kappa shape index (κ1) is 13.3. The normalized spacial score (nSPS) is 10.5. The summed E-state index contributed by atoms with van der Waals surface area (Å²) in [6, 6.07) is 19.4. The van der Waals surface area contributed by atoms with Gasteiger partial charge in [0, 0.05) is 23.0 Å². The summed E-state index contributed by atoms with van der Waals surface area (Å²) in [4.78, 5) is 0. The Morgan fingerprint density at radius 1 is 0.952 bits per heavy atom. The van der Waals surface area contributed by atoms with E-state index in [1.54, 1.807) is 13.2 Å². The number of aromatic hydroxyl groups is 1. The molecule has 3 heteroatoms. The van der Waals surface area contributed by atoms with Gasteiger partial charge < -0.3 is 15.2 Å². The molecular weight excluding hydrogens is 262 g/mol. The average molecular weight is 279 g/mol. The van der Waals surface area contributed by atoms with Gasteiger partial charge in [-0.15, -0.1) is 0 Å². The second kappa shape index (κ2) is 5.75. The summed E-state index contributed by atoms with van der Waals surface area (Å²) in [5.74, 6) is 1.15. The summed E-state index contributed by atoms with van der Waals surface area (Å²) in [5, 5.41) is 15.2. The standard InChI is InChI=1S/C18H17NO2/c1-21-14-6-2-5-13(11-14)12-19-17-9-3-8-16-15(17)7-4-10-18(16)20/h2-11,19-20H,12H2,1H3. The van der Waals surface area contributed by atoms with Crippen LogP contribution in [-0.4, -0.2) is 12.2 Å². The molecule has 0 fully saturated rings. The second-order valence-electron chi connectivity index (χ2n) is 4.88. The number of hydrogen-bond acceptors (Lipinski definition) is 3. The van der Waals surface area contributed by atoms with Crippen molar-refractivity contribution in [2.45, 2.75) is 6.54 Å². The Bertz CT molecular complexity index is 768. The van der Waals surface area contributed by atoms with Crippen LogP contribution >= 0.6 is 0 Å². The highest BCUT2D eigenvalue weighted by atomic mass is 16.5. The van der Waals surface area contributed by atoms with Crippen LogP contribution in [0.5, 0.6) is 11.5 Å². The lowest BCUT2D eigenvalue weighted by atomic mass is 10.1. The van der Waals surface area contributed by atoms with E-state index in [9.17, 15) is 5.11 Å². The molecule has 0 aromatic heterocycles. The monoisotopic (exact) mass is 279 g/mol. The van der Waals surface area contributed by atoms with Crippen molar-refractivity contribution in [1.29, 1.82) is 0 Å². The van der Waals surface area contributed by atoms with E-state index in [1.165, 1.54) is 0 Å². The van der Waals surface area contributed by atoms with Crippen molar-refractivity contribution in [2.75, 3.05) is 12.4 Å². The van der Waals surface area contributed by atoms with Crippen LogP contribution in [0.2, 0.25) is 0 Å². The molecule has 21 heavy (non-hydrogen) atoms. The molecular formula is C18H17NO2. The minimum absolute atomic E-state index is 0.303. The first-order valence-electron chi connectivity index (χ1n) is 6.85. The molecule has 3 aromatic carbocycles. The summed E-state index contributed by atoms with van der Waals surface area (Å²) >= 11 is 0. The molecule has 0 atom stereocenters. The predicted octanol–water partition coefficient (Wildman–Crippen LogP) is 4.17. The number of ether oxygens (including phenoxy) is 1. The highest BCUT2D eigenvalue weighted by Gasteiger charge is 2.04. The number of benzene rings is 3. The molecule has 3 nitrogen and oxygen atoms in total. The maximum Gasteiger partial charge on any atom is 0.123 e. The number of rotatable bonds is 4. The summed E-state index contributed by atoms with van der Waals surface area (Å²) in [7, 11) is 1.67. The minimum Gasteiger partial charge on any atom is -0.507 e. The molecule has 0 saturated heterocycles. The van der Waals surface area contributed by atoms with Gasteiger partial charge in [-0.25, -0.2) is 0 Å². The lowest BCUT2D eigenvalue weighted by molar-refractivity contribution is 0.414. The number of phenolic OH excluding ortho intramolecular Hbond substituents is 1. The lowest BCUT2D eigenvalue weighted by Gasteiger charge is -2.11. The SMILES string of the molecule is COc1cccc(CNc2cccc3c(O)cccc23)c1. The zero-order valence-electron chi connectivity index (χ0n) is 11.8. The Hall–Kier alpha value is -2.68. The Kier molecular flexibility index (Phi) is 3.65. The fraction of sp³-hybridized carbons (Fsp3) is 0.111. The summed E-state index contributed by atoms with van der Waals surface area (Å²) in [5.41, 5.74) is 2.15. The van der Waals surface area contributed by atoms with Crippen LogP contribution in [0, 0.1) is 0 Å². The van der Waals surface area contributed by atoms with Crippen LogP contribution in [0.1, 0.15) is 5.56 Å². The third kappa shape index (κ3) is 2.77. The van der Waals surface area contributed by atoms with E-state index in [-0.39, 0.29) is 0 Å². The van der Waals surface area contributed by atoms with Crippen LogP contribution < -0.4 is 10.1 Å². The zero-order chi connectivity index (χ0) is 14.7. The van der Waals surface area contributed by atoms with E-state index >= 15 is 0 Å². The topological polar surface area (TPSA) is 41.5 Å². The van der Waals surface area contributed by atoms with Gasteiger partial charge in [0.1, 0.15) is 11.5 Å². The number of nitrogens with one attached hydrogen (secondary N) is 1. The smallest absolute Gasteiger partial charge is 0.123 e. The third-order valence-electron chi connectivity index (χ3n) is 3.52. The molecule has 2 N–H and O–H groups in total. The summed E-state index contributed by atoms with van der Waals surface area (Å²) < 4.78 is 5.23. The summed E-state index contributed by atoms with van der Waals surface area (Å²) in [6.07, 6.45) is 0. The van der Waals surface area contributed by atoms with E-state index in [0.29, 0.717) is 12.3 Å². The Morgan fingerprint density at radius 2 is 1.71 bits per heavy atom. The molecule has 0 bridgehead atoms. The van der Waals surface area contributed by atoms with E-state index in [2.05, 4.69) is 11.4 Å². The van der Waals surface area contributed by atoms with Crippen molar-refractivity contribution in [3.63, 3.8) is 0 Å². The molecule has 0 aliphatic carbocycles. The highest BCUT2D eigenvalue weighted by molar-refractivity contribution is 5.97. The van der Waals surface area contributed by atoms with Gasteiger partial charge in [0.15, 0.2) is 0 Å². The molecule has 0 heterocycles. The minimum atomic E-state index is 0.303. The number of hydrogen-bond donors (Lipinski definition) is 2. The van der Waals surface area contributed by atoms with Gasteiger partial charge in [-0.1, -0.05) is 36.4 Å². The van der Waals surface area contributed by atoms with Crippen molar-refractivity contribution < 1.29 is 9.84 Å². The average Bonchev–Trinajstić information content (AvgIpc) is 2.53. The number of phenols is 1. The van der Waals surface area contributed by atoms with Gasteiger partial charge in [-0.3, -0.25) is 0 Å². The largest absolute Gasteiger partial charge is 0.507 e. The molecule has 3 rings (SSSR count). The van der Waals surface area contributed by atoms with Crippen molar-refractivity contribution >= 4 is 16.5 Å². The first-order valence-corrected chi connectivity index (χ1v) is 6.85. The molecule has 0 unspecified atom stereocenters. The number of methoxy groups -OCH3 is 1. The molecule has 0 spiro atoms. The Balaban J connectivity index is 1.87. The molecule has 0 aliphatic heterocycles. The molecule has 106 valence electrons. The maximum absolute atomic E-state index is 9.90. The summed E-state index contributed by atoms with van der Waals surface area (Å²) in [6.45, 7) is 0.700. The Labute approximate surface area is 123 Å². The fourth-order valence-corrected chi connectivity index (χ4v) is 2.43. The van der Waals surface area contributed by atoms with Gasteiger partial charge in [0.2, 0.25) is 0 Å². The van der Waals surface area contributed by atoms with Crippen LogP contribution in [0.3, 0.4) is 0 Å². The van der Waals surface area contributed by atoms with E-state index in [0.717, 1.165) is 27.8 Å². The van der Waals surface area contributed by atoms with Crippen LogP contribution in [0.15, 0.2) is 60.7 Å². The lowest BCUT2D eigenvalue weighted by Crippen LogP contribution is -2.00. The van der Waals surface area contributed by atoms with Gasteiger partial charge in [-0.05, 0) is 29.8 Å². The van der Waals surface area contributed by atoms with Gasteiger partial charge in [-0.2, -0.15) is 0 Å². The third-order valence-corrected chi connectivity index (χ3v) is 3.52. The molecule has 0 radical (unpaired) electrons. The van der Waals surface area contributed by atoms with Crippen molar-refractivity contribution in [3.8, 4) is 11.5 Å². The van der Waals surface area contributed by atoms with Crippen molar-refractivity contribution in [1.82, 2.24) is 0 Å². The Morgan fingerprint density at radius 3 is 2.57 bits per heavy atom. The van der Waals surface area contributed by atoms with Crippen molar-refractivity contribution in [2.24, 2.45) is 0 Å². The van der Waals surface area contributed by atoms with Gasteiger partial charge in [0.05, 0.1) is 7.11 Å². The predicted molar refractivity (Wildman–Crippen MR) is 85.9 cm³/mol. The fourth-order valence-electron chi connectivity index (χ4n) is 2.43. The zero-order valence-corrected chi connectivity index (χ0v) is 11.8. The van der Waals surface area contributed by atoms with Crippen LogP contribution in [-0.2, 0) is 6.54 Å². The van der Waals surface area contributed by atoms with E-state index in [1.807, 2.05) is 48.5 Å². The highest BCUT2D eigenvalue weighted by Crippen LogP contribution is 2.30. The molecule has 3 aromatic rings. The van der Waals surface area contributed by atoms with Gasteiger partial charge in [0.25, 0.3) is 0 Å². The van der Waals surface area contributed by atoms with Crippen molar-refractivity contribution in [3.05, 3.63) is 66.2 Å². The molecule has 0 saturated carbocycles. The van der Waals surface area contributed by atoms with Crippen LogP contribution in [0.25, 0.3) is 10.8 Å². The van der Waals surface area contributed by atoms with Gasteiger partial charge >= 0.3 is 0 Å². The first-order chi connectivity index (χ1) is 10.3.